The number of nitrogens with one attached hydrogen (secondary N) is 1. The summed E-state index contributed by atoms with van der Waals surface area (Å²) in [5.41, 5.74) is 0.883. The van der Waals surface area contributed by atoms with Crippen LogP contribution >= 0.6 is 11.6 Å². The number of nitrogens with zero attached hydrogens (tertiary/aromatic N) is 1. The molecule has 1 unspecified atom stereocenters. The van der Waals surface area contributed by atoms with Crippen LogP contribution in [0.1, 0.15) is 18.4 Å². The van der Waals surface area contributed by atoms with Crippen molar-refractivity contribution in [3.63, 3.8) is 0 Å². The standard InChI is InChI=1S/C15H19ClN2O3/c1-21-15(20)18-8-4-6-12(10-18)14(19)17-9-11-5-2-3-7-13(11)16/h2-3,5,7,12H,4,6,8-10H2,1H3,(H,17,19). The second kappa shape index (κ2) is 7.31. The maximum atomic E-state index is 12.2. The lowest BCUT2D eigenvalue weighted by Gasteiger charge is -2.30. The number of likely N-dealkylation sites (tertiary alicyclic amines) is 1. The first-order chi connectivity index (χ1) is 10.1. The SMILES string of the molecule is COC(=O)N1CCCC(C(=O)NCc2ccccc2Cl)C1. The number of methoxy groups -OCH3 is 1. The minimum absolute atomic E-state index is 0.0523. The van der Waals surface area contributed by atoms with Gasteiger partial charge in [0.05, 0.1) is 13.0 Å². The quantitative estimate of drug-likeness (QED) is 0.933. The molecule has 0 spiro atoms. The Labute approximate surface area is 129 Å². The van der Waals surface area contributed by atoms with Crippen LogP contribution in [0.15, 0.2) is 24.3 Å². The number of carbonyl (C=O) groups excluding carboxylic acids is 2. The zero-order valence-electron chi connectivity index (χ0n) is 12.0. The molecule has 1 aliphatic rings. The number of ether oxygens (including phenoxy) is 1. The molecule has 2 rings (SSSR count). The summed E-state index contributed by atoms with van der Waals surface area (Å²) in [6.07, 6.45) is 1.21. The highest BCUT2D eigenvalue weighted by Gasteiger charge is 2.28. The third-order valence-electron chi connectivity index (χ3n) is 3.64. The predicted octanol–water partition coefficient (Wildman–Crippen LogP) is 2.43. The van der Waals surface area contributed by atoms with Crippen molar-refractivity contribution in [2.45, 2.75) is 19.4 Å². The van der Waals surface area contributed by atoms with Gasteiger partial charge in [0.2, 0.25) is 5.91 Å². The summed E-state index contributed by atoms with van der Waals surface area (Å²) in [5.74, 6) is -0.246. The van der Waals surface area contributed by atoms with Crippen LogP contribution < -0.4 is 5.32 Å². The zero-order valence-corrected chi connectivity index (χ0v) is 12.7. The van der Waals surface area contributed by atoms with Gasteiger partial charge in [-0.05, 0) is 24.5 Å². The number of rotatable bonds is 3. The molecule has 0 saturated carbocycles. The molecule has 0 radical (unpaired) electrons. The molecule has 1 N–H and O–H groups in total. The Morgan fingerprint density at radius 2 is 2.19 bits per heavy atom. The smallest absolute Gasteiger partial charge is 0.409 e. The van der Waals surface area contributed by atoms with E-state index in [9.17, 15) is 9.59 Å². The van der Waals surface area contributed by atoms with Crippen molar-refractivity contribution in [2.75, 3.05) is 20.2 Å². The Morgan fingerprint density at radius 3 is 2.90 bits per heavy atom. The van der Waals surface area contributed by atoms with E-state index in [4.69, 9.17) is 16.3 Å². The summed E-state index contributed by atoms with van der Waals surface area (Å²) in [7, 11) is 1.35. The molecule has 0 aromatic heterocycles. The van der Waals surface area contributed by atoms with E-state index in [1.54, 1.807) is 11.0 Å². The Morgan fingerprint density at radius 1 is 1.43 bits per heavy atom. The van der Waals surface area contributed by atoms with Crippen LogP contribution in [-0.2, 0) is 16.1 Å². The fourth-order valence-electron chi connectivity index (χ4n) is 2.45. The topological polar surface area (TPSA) is 58.6 Å². The van der Waals surface area contributed by atoms with Crippen molar-refractivity contribution in [2.24, 2.45) is 5.92 Å². The molecule has 5 nitrogen and oxygen atoms in total. The minimum atomic E-state index is -0.376. The van der Waals surface area contributed by atoms with Gasteiger partial charge in [0, 0.05) is 24.7 Å². The highest BCUT2D eigenvalue weighted by molar-refractivity contribution is 6.31. The lowest BCUT2D eigenvalue weighted by Crippen LogP contribution is -2.45. The first-order valence-corrected chi connectivity index (χ1v) is 7.33. The lowest BCUT2D eigenvalue weighted by molar-refractivity contribution is -0.126. The molecule has 0 aliphatic carbocycles. The van der Waals surface area contributed by atoms with Crippen molar-refractivity contribution in [3.8, 4) is 0 Å². The maximum Gasteiger partial charge on any atom is 0.409 e. The average Bonchev–Trinajstić information content (AvgIpc) is 2.53. The van der Waals surface area contributed by atoms with E-state index >= 15 is 0 Å². The largest absolute Gasteiger partial charge is 0.453 e. The van der Waals surface area contributed by atoms with Gasteiger partial charge in [-0.2, -0.15) is 0 Å². The molecule has 1 aliphatic heterocycles. The Hall–Kier alpha value is -1.75. The highest BCUT2D eigenvalue weighted by Crippen LogP contribution is 2.18. The van der Waals surface area contributed by atoms with Crippen molar-refractivity contribution in [3.05, 3.63) is 34.9 Å². The van der Waals surface area contributed by atoms with Gasteiger partial charge in [-0.1, -0.05) is 29.8 Å². The third-order valence-corrected chi connectivity index (χ3v) is 4.00. The Bertz CT molecular complexity index is 521. The van der Waals surface area contributed by atoms with Crippen LogP contribution in [0.5, 0.6) is 0 Å². The minimum Gasteiger partial charge on any atom is -0.453 e. The summed E-state index contributed by atoms with van der Waals surface area (Å²) >= 11 is 6.06. The van der Waals surface area contributed by atoms with Gasteiger partial charge in [0.1, 0.15) is 0 Å². The van der Waals surface area contributed by atoms with Crippen molar-refractivity contribution in [1.29, 1.82) is 0 Å². The van der Waals surface area contributed by atoms with Gasteiger partial charge < -0.3 is 15.0 Å². The molecule has 1 saturated heterocycles. The molecular formula is C15H19ClN2O3. The first kappa shape index (κ1) is 15.6. The molecule has 1 heterocycles. The number of benzene rings is 1. The number of carbonyl (C=O) groups is 2. The molecule has 1 fully saturated rings. The Balaban J connectivity index is 1.88. The second-order valence-corrected chi connectivity index (χ2v) is 5.47. The van der Waals surface area contributed by atoms with Gasteiger partial charge in [0.15, 0.2) is 0 Å². The van der Waals surface area contributed by atoms with E-state index in [0.29, 0.717) is 24.7 Å². The van der Waals surface area contributed by atoms with Crippen LogP contribution in [0.4, 0.5) is 4.79 Å². The van der Waals surface area contributed by atoms with Crippen molar-refractivity contribution >= 4 is 23.6 Å². The molecule has 114 valence electrons. The fourth-order valence-corrected chi connectivity index (χ4v) is 2.66. The monoisotopic (exact) mass is 310 g/mol. The number of hydrogen-bond acceptors (Lipinski definition) is 3. The van der Waals surface area contributed by atoms with Crippen LogP contribution in [0.25, 0.3) is 0 Å². The highest BCUT2D eigenvalue weighted by atomic mass is 35.5. The van der Waals surface area contributed by atoms with Crippen molar-refractivity contribution < 1.29 is 14.3 Å². The molecule has 6 heteroatoms. The summed E-state index contributed by atoms with van der Waals surface area (Å²) in [6, 6.07) is 7.41. The van der Waals surface area contributed by atoms with Gasteiger partial charge in [-0.3, -0.25) is 4.79 Å². The molecule has 1 aromatic carbocycles. The molecule has 2 amide bonds. The second-order valence-electron chi connectivity index (χ2n) is 5.06. The zero-order chi connectivity index (χ0) is 15.2. The molecule has 1 atom stereocenters. The summed E-state index contributed by atoms with van der Waals surface area (Å²) in [5, 5.41) is 3.52. The van der Waals surface area contributed by atoms with E-state index in [1.807, 2.05) is 18.2 Å². The number of halogens is 1. The van der Waals surface area contributed by atoms with E-state index in [0.717, 1.165) is 18.4 Å². The molecule has 0 bridgehead atoms. The van der Waals surface area contributed by atoms with Gasteiger partial charge in [-0.15, -0.1) is 0 Å². The van der Waals surface area contributed by atoms with E-state index in [2.05, 4.69) is 5.32 Å². The summed E-state index contributed by atoms with van der Waals surface area (Å²) in [4.78, 5) is 25.3. The van der Waals surface area contributed by atoms with Crippen molar-refractivity contribution in [1.82, 2.24) is 10.2 Å². The van der Waals surface area contributed by atoms with Gasteiger partial charge in [0.25, 0.3) is 0 Å². The Kier molecular flexibility index (Phi) is 5.44. The lowest BCUT2D eigenvalue weighted by atomic mass is 9.97. The summed E-state index contributed by atoms with van der Waals surface area (Å²) < 4.78 is 4.70. The third kappa shape index (κ3) is 4.11. The van der Waals surface area contributed by atoms with E-state index in [-0.39, 0.29) is 17.9 Å². The van der Waals surface area contributed by atoms with Gasteiger partial charge >= 0.3 is 6.09 Å². The molecule has 21 heavy (non-hydrogen) atoms. The fraction of sp³-hybridized carbons (Fsp3) is 0.467. The van der Waals surface area contributed by atoms with Crippen LogP contribution in [0.3, 0.4) is 0 Å². The predicted molar refractivity (Wildman–Crippen MR) is 80.0 cm³/mol. The van der Waals surface area contributed by atoms with Crippen LogP contribution in [0, 0.1) is 5.92 Å². The molecular weight excluding hydrogens is 292 g/mol. The summed E-state index contributed by atoms with van der Waals surface area (Å²) in [6.45, 7) is 1.44. The van der Waals surface area contributed by atoms with E-state index in [1.165, 1.54) is 7.11 Å². The van der Waals surface area contributed by atoms with E-state index < -0.39 is 0 Å². The number of hydrogen-bond donors (Lipinski definition) is 1. The van der Waals surface area contributed by atoms with Crippen LogP contribution in [0.2, 0.25) is 5.02 Å². The molecule has 1 aromatic rings. The number of amides is 2. The maximum absolute atomic E-state index is 12.2. The number of piperidine rings is 1. The first-order valence-electron chi connectivity index (χ1n) is 6.96. The average molecular weight is 311 g/mol. The normalized spacial score (nSPS) is 18.2. The van der Waals surface area contributed by atoms with Gasteiger partial charge in [-0.25, -0.2) is 4.79 Å². The van der Waals surface area contributed by atoms with Crippen LogP contribution in [-0.4, -0.2) is 37.1 Å².